The Kier molecular flexibility index (Phi) is 4.05. The van der Waals surface area contributed by atoms with Crippen LogP contribution in [-0.4, -0.2) is 14.6 Å². The molecule has 0 saturated heterocycles. The Bertz CT molecular complexity index is 1200. The number of halogens is 3. The van der Waals surface area contributed by atoms with Gasteiger partial charge in [-0.1, -0.05) is 41.4 Å². The van der Waals surface area contributed by atoms with Crippen molar-refractivity contribution in [1.29, 1.82) is 0 Å². The fourth-order valence-corrected chi connectivity index (χ4v) is 3.21. The molecule has 4 aromatic rings. The Hall–Kier alpha value is -2.63. The molecule has 7 heteroatoms. The first-order chi connectivity index (χ1) is 12.4. The van der Waals surface area contributed by atoms with Crippen molar-refractivity contribution < 1.29 is 4.39 Å². The maximum absolute atomic E-state index is 13.3. The number of nitrogens with zero attached hydrogens (tertiary/aromatic N) is 2. The van der Waals surface area contributed by atoms with E-state index < -0.39 is 0 Å². The van der Waals surface area contributed by atoms with Gasteiger partial charge in [0.05, 0.1) is 15.7 Å². The van der Waals surface area contributed by atoms with E-state index in [0.717, 1.165) is 16.8 Å². The third-order valence-corrected chi connectivity index (χ3v) is 4.88. The predicted octanol–water partition coefficient (Wildman–Crippen LogP) is 5.11. The molecule has 4 rings (SSSR count). The van der Waals surface area contributed by atoms with Gasteiger partial charge in [0, 0.05) is 22.9 Å². The van der Waals surface area contributed by atoms with Crippen LogP contribution in [-0.2, 0) is 0 Å². The highest BCUT2D eigenvalue weighted by molar-refractivity contribution is 6.42. The molecule has 130 valence electrons. The minimum absolute atomic E-state index is 0.257. The van der Waals surface area contributed by atoms with Gasteiger partial charge in [-0.15, -0.1) is 0 Å². The summed E-state index contributed by atoms with van der Waals surface area (Å²) >= 11 is 12.0. The molecule has 2 heterocycles. The lowest BCUT2D eigenvalue weighted by atomic mass is 10.1. The Labute approximate surface area is 157 Å². The van der Waals surface area contributed by atoms with Crippen molar-refractivity contribution in [3.63, 3.8) is 0 Å². The second kappa shape index (κ2) is 6.27. The Morgan fingerprint density at radius 3 is 2.38 bits per heavy atom. The molecule has 2 aromatic heterocycles. The molecule has 0 aliphatic carbocycles. The SMILES string of the molecule is Cc1[nH]n2c(=O)cc(-c3ccc(Cl)c(Cl)c3)nc2c1-c1ccc(F)cc1. The summed E-state index contributed by atoms with van der Waals surface area (Å²) in [6.45, 7) is 1.84. The summed E-state index contributed by atoms with van der Waals surface area (Å²) in [6.07, 6.45) is 0. The number of fused-ring (bicyclic) bond motifs is 1. The average molecular weight is 388 g/mol. The average Bonchev–Trinajstić information content (AvgIpc) is 2.95. The number of rotatable bonds is 2. The first kappa shape index (κ1) is 16.8. The van der Waals surface area contributed by atoms with E-state index in [1.165, 1.54) is 22.7 Å². The van der Waals surface area contributed by atoms with Gasteiger partial charge in [0.1, 0.15) is 5.82 Å². The largest absolute Gasteiger partial charge is 0.293 e. The zero-order chi connectivity index (χ0) is 18.4. The van der Waals surface area contributed by atoms with Gasteiger partial charge in [-0.25, -0.2) is 13.9 Å². The number of aromatic amines is 1. The normalized spacial score (nSPS) is 11.2. The van der Waals surface area contributed by atoms with Gasteiger partial charge in [0.15, 0.2) is 5.65 Å². The van der Waals surface area contributed by atoms with Crippen molar-refractivity contribution in [3.8, 4) is 22.4 Å². The summed E-state index contributed by atoms with van der Waals surface area (Å²) in [6, 6.07) is 12.6. The van der Waals surface area contributed by atoms with Crippen LogP contribution in [0.25, 0.3) is 28.0 Å². The summed E-state index contributed by atoms with van der Waals surface area (Å²) in [4.78, 5) is 17.2. The van der Waals surface area contributed by atoms with Crippen LogP contribution in [0.15, 0.2) is 53.3 Å². The molecular formula is C19H12Cl2FN3O. The molecule has 0 bridgehead atoms. The molecule has 1 N–H and O–H groups in total. The van der Waals surface area contributed by atoms with Crippen LogP contribution in [0.5, 0.6) is 0 Å². The summed E-state index contributed by atoms with van der Waals surface area (Å²) < 4.78 is 14.6. The molecule has 0 fully saturated rings. The molecule has 0 spiro atoms. The summed E-state index contributed by atoms with van der Waals surface area (Å²) in [5.74, 6) is -0.326. The van der Waals surface area contributed by atoms with Crippen molar-refractivity contribution in [2.45, 2.75) is 6.92 Å². The van der Waals surface area contributed by atoms with E-state index in [1.54, 1.807) is 30.3 Å². The molecule has 0 amide bonds. The van der Waals surface area contributed by atoms with Crippen molar-refractivity contribution in [2.24, 2.45) is 0 Å². The van der Waals surface area contributed by atoms with E-state index in [2.05, 4.69) is 10.1 Å². The highest BCUT2D eigenvalue weighted by Crippen LogP contribution is 2.30. The van der Waals surface area contributed by atoms with E-state index in [0.29, 0.717) is 26.9 Å². The van der Waals surface area contributed by atoms with Crippen molar-refractivity contribution in [1.82, 2.24) is 14.6 Å². The molecular weight excluding hydrogens is 376 g/mol. The number of hydrogen-bond donors (Lipinski definition) is 1. The number of aromatic nitrogens is 3. The topological polar surface area (TPSA) is 50.2 Å². The number of aryl methyl sites for hydroxylation is 1. The van der Waals surface area contributed by atoms with Gasteiger partial charge < -0.3 is 0 Å². The third kappa shape index (κ3) is 2.79. The first-order valence-electron chi connectivity index (χ1n) is 7.78. The van der Waals surface area contributed by atoms with Crippen LogP contribution in [0.2, 0.25) is 10.0 Å². The molecule has 0 radical (unpaired) electrons. The van der Waals surface area contributed by atoms with Crippen molar-refractivity contribution in [2.75, 3.05) is 0 Å². The van der Waals surface area contributed by atoms with Crippen LogP contribution in [0.3, 0.4) is 0 Å². The standard InChI is InChI=1S/C19H12Cl2FN3O/c1-10-18(11-2-5-13(22)6-3-11)19-23-16(9-17(26)25(19)24-10)12-4-7-14(20)15(21)8-12/h2-9,24H,1H3. The number of H-pyrrole nitrogens is 1. The highest BCUT2D eigenvalue weighted by atomic mass is 35.5. The third-order valence-electron chi connectivity index (χ3n) is 4.15. The fourth-order valence-electron chi connectivity index (χ4n) is 2.91. The van der Waals surface area contributed by atoms with E-state index in [9.17, 15) is 9.18 Å². The van der Waals surface area contributed by atoms with Gasteiger partial charge >= 0.3 is 0 Å². The monoisotopic (exact) mass is 387 g/mol. The lowest BCUT2D eigenvalue weighted by Crippen LogP contribution is -2.14. The lowest BCUT2D eigenvalue weighted by molar-refractivity contribution is 0.628. The first-order valence-corrected chi connectivity index (χ1v) is 8.53. The van der Waals surface area contributed by atoms with Gasteiger partial charge in [-0.05, 0) is 36.8 Å². The molecule has 0 atom stereocenters. The van der Waals surface area contributed by atoms with Gasteiger partial charge in [-0.2, -0.15) is 0 Å². The quantitative estimate of drug-likeness (QED) is 0.519. The van der Waals surface area contributed by atoms with E-state index in [-0.39, 0.29) is 11.4 Å². The number of hydrogen-bond acceptors (Lipinski definition) is 2. The van der Waals surface area contributed by atoms with Crippen LogP contribution < -0.4 is 5.56 Å². The fraction of sp³-hybridized carbons (Fsp3) is 0.0526. The maximum Gasteiger partial charge on any atom is 0.273 e. The summed E-state index contributed by atoms with van der Waals surface area (Å²) in [5, 5.41) is 3.82. The summed E-state index contributed by atoms with van der Waals surface area (Å²) in [5.41, 5.74) is 3.63. The maximum atomic E-state index is 13.3. The van der Waals surface area contributed by atoms with Gasteiger partial charge in [-0.3, -0.25) is 9.89 Å². The minimum atomic E-state index is -0.326. The molecule has 2 aromatic carbocycles. The Morgan fingerprint density at radius 1 is 1.00 bits per heavy atom. The Morgan fingerprint density at radius 2 is 1.69 bits per heavy atom. The molecule has 26 heavy (non-hydrogen) atoms. The second-order valence-electron chi connectivity index (χ2n) is 5.89. The van der Waals surface area contributed by atoms with Crippen LogP contribution >= 0.6 is 23.2 Å². The van der Waals surface area contributed by atoms with Crippen LogP contribution in [0.1, 0.15) is 5.69 Å². The van der Waals surface area contributed by atoms with E-state index in [4.69, 9.17) is 23.2 Å². The highest BCUT2D eigenvalue weighted by Gasteiger charge is 2.15. The van der Waals surface area contributed by atoms with Crippen LogP contribution in [0.4, 0.5) is 4.39 Å². The smallest absolute Gasteiger partial charge is 0.273 e. The van der Waals surface area contributed by atoms with Crippen molar-refractivity contribution in [3.05, 3.63) is 80.4 Å². The number of nitrogens with one attached hydrogen (secondary N) is 1. The van der Waals surface area contributed by atoms with Gasteiger partial charge in [0.2, 0.25) is 0 Å². The molecule has 4 nitrogen and oxygen atoms in total. The van der Waals surface area contributed by atoms with E-state index in [1.807, 2.05) is 6.92 Å². The van der Waals surface area contributed by atoms with Gasteiger partial charge in [0.25, 0.3) is 5.56 Å². The second-order valence-corrected chi connectivity index (χ2v) is 6.70. The molecule has 0 aliphatic rings. The summed E-state index contributed by atoms with van der Waals surface area (Å²) in [7, 11) is 0. The zero-order valence-electron chi connectivity index (χ0n) is 13.6. The minimum Gasteiger partial charge on any atom is -0.293 e. The van der Waals surface area contributed by atoms with Crippen molar-refractivity contribution >= 4 is 28.8 Å². The van der Waals surface area contributed by atoms with Crippen LogP contribution in [0, 0.1) is 12.7 Å². The predicted molar refractivity (Wildman–Crippen MR) is 101 cm³/mol. The lowest BCUT2D eigenvalue weighted by Gasteiger charge is -2.05. The number of benzene rings is 2. The zero-order valence-corrected chi connectivity index (χ0v) is 15.1. The van der Waals surface area contributed by atoms with E-state index >= 15 is 0 Å². The molecule has 0 aliphatic heterocycles. The molecule has 0 unspecified atom stereocenters. The molecule has 0 saturated carbocycles. The Balaban J connectivity index is 1.98.